The minimum Gasteiger partial charge on any atom is -0.497 e. The third kappa shape index (κ3) is 4.86. The van der Waals surface area contributed by atoms with Crippen LogP contribution in [0.15, 0.2) is 47.5 Å². The van der Waals surface area contributed by atoms with E-state index in [0.29, 0.717) is 30.3 Å². The van der Waals surface area contributed by atoms with Crippen LogP contribution >= 0.6 is 11.3 Å². The molecular weight excluding hydrogens is 405 g/mol. The van der Waals surface area contributed by atoms with Crippen molar-refractivity contribution < 1.29 is 27.4 Å². The highest BCUT2D eigenvalue weighted by Gasteiger charge is 2.30. The monoisotopic (exact) mass is 424 g/mol. The number of rotatable bonds is 6. The second kappa shape index (κ2) is 8.79. The van der Waals surface area contributed by atoms with Crippen molar-refractivity contribution in [3.8, 4) is 5.75 Å². The molecule has 0 aliphatic heterocycles. The number of fused-ring (bicyclic) bond motifs is 1. The SMILES string of the molecule is CCOCCn1c(=NC(=O)c2ccc(C(F)(F)F)cc2)sc2cc(OC)ccc21. The number of methoxy groups -OCH3 is 1. The molecule has 3 aromatic rings. The van der Waals surface area contributed by atoms with Crippen molar-refractivity contribution in [2.24, 2.45) is 4.99 Å². The Hall–Kier alpha value is -2.65. The van der Waals surface area contributed by atoms with Gasteiger partial charge in [0, 0.05) is 18.7 Å². The molecule has 0 radical (unpaired) electrons. The molecule has 0 bridgehead atoms. The first-order valence-electron chi connectivity index (χ1n) is 8.85. The highest BCUT2D eigenvalue weighted by atomic mass is 32.1. The average molecular weight is 424 g/mol. The van der Waals surface area contributed by atoms with Gasteiger partial charge in [-0.3, -0.25) is 4.79 Å². The number of benzene rings is 2. The normalized spacial score (nSPS) is 12.5. The molecule has 29 heavy (non-hydrogen) atoms. The van der Waals surface area contributed by atoms with E-state index in [4.69, 9.17) is 9.47 Å². The second-order valence-corrected chi connectivity index (χ2v) is 7.07. The second-order valence-electron chi connectivity index (χ2n) is 6.06. The van der Waals surface area contributed by atoms with Crippen molar-refractivity contribution in [1.29, 1.82) is 0 Å². The molecule has 2 aromatic carbocycles. The molecular formula is C20H19F3N2O3S. The summed E-state index contributed by atoms with van der Waals surface area (Å²) in [7, 11) is 1.57. The van der Waals surface area contributed by atoms with Gasteiger partial charge in [-0.05, 0) is 49.4 Å². The predicted octanol–water partition coefficient (Wildman–Crippen LogP) is 4.51. The van der Waals surface area contributed by atoms with Crippen molar-refractivity contribution in [1.82, 2.24) is 4.57 Å². The first-order valence-corrected chi connectivity index (χ1v) is 9.66. The highest BCUT2D eigenvalue weighted by Crippen LogP contribution is 2.29. The molecule has 3 rings (SSSR count). The van der Waals surface area contributed by atoms with Crippen molar-refractivity contribution in [2.75, 3.05) is 20.3 Å². The molecule has 154 valence electrons. The number of alkyl halides is 3. The van der Waals surface area contributed by atoms with Crippen LogP contribution in [0.3, 0.4) is 0 Å². The number of aromatic nitrogens is 1. The molecule has 0 unspecified atom stereocenters. The van der Waals surface area contributed by atoms with E-state index in [-0.39, 0.29) is 5.56 Å². The lowest BCUT2D eigenvalue weighted by Crippen LogP contribution is -2.19. The first-order chi connectivity index (χ1) is 13.8. The molecule has 0 atom stereocenters. The number of nitrogens with zero attached hydrogens (tertiary/aromatic N) is 2. The van der Waals surface area contributed by atoms with E-state index in [9.17, 15) is 18.0 Å². The van der Waals surface area contributed by atoms with E-state index in [1.54, 1.807) is 7.11 Å². The molecule has 0 spiro atoms. The van der Waals surface area contributed by atoms with Gasteiger partial charge >= 0.3 is 6.18 Å². The predicted molar refractivity (Wildman–Crippen MR) is 104 cm³/mol. The summed E-state index contributed by atoms with van der Waals surface area (Å²) in [6.45, 7) is 3.38. The minimum absolute atomic E-state index is 0.0874. The Morgan fingerprint density at radius 2 is 1.90 bits per heavy atom. The maximum atomic E-state index is 12.7. The summed E-state index contributed by atoms with van der Waals surface area (Å²) in [5, 5.41) is 0. The third-order valence-electron chi connectivity index (χ3n) is 4.21. The Morgan fingerprint density at radius 3 is 2.52 bits per heavy atom. The van der Waals surface area contributed by atoms with E-state index in [2.05, 4.69) is 4.99 Å². The molecule has 0 N–H and O–H groups in total. The number of thiazole rings is 1. The smallest absolute Gasteiger partial charge is 0.416 e. The first kappa shape index (κ1) is 21.1. The molecule has 9 heteroatoms. The molecule has 1 aromatic heterocycles. The molecule has 1 heterocycles. The molecule has 0 fully saturated rings. The van der Waals surface area contributed by atoms with Gasteiger partial charge < -0.3 is 14.0 Å². The van der Waals surface area contributed by atoms with Gasteiger partial charge in [-0.1, -0.05) is 11.3 Å². The lowest BCUT2D eigenvalue weighted by atomic mass is 10.1. The summed E-state index contributed by atoms with van der Waals surface area (Å²) in [4.78, 5) is 17.1. The van der Waals surface area contributed by atoms with Crippen LogP contribution in [-0.4, -0.2) is 30.8 Å². The van der Waals surface area contributed by atoms with Gasteiger partial charge in [0.15, 0.2) is 4.80 Å². The summed E-state index contributed by atoms with van der Waals surface area (Å²) < 4.78 is 51.5. The van der Waals surface area contributed by atoms with Crippen LogP contribution in [0.4, 0.5) is 13.2 Å². The summed E-state index contributed by atoms with van der Waals surface area (Å²) in [6.07, 6.45) is -4.45. The zero-order chi connectivity index (χ0) is 21.0. The quantitative estimate of drug-likeness (QED) is 0.547. The Balaban J connectivity index is 2.00. The molecule has 0 saturated carbocycles. The summed E-state index contributed by atoms with van der Waals surface area (Å²) in [5.74, 6) is 0.0683. The van der Waals surface area contributed by atoms with Crippen molar-refractivity contribution in [3.05, 3.63) is 58.4 Å². The van der Waals surface area contributed by atoms with E-state index in [1.807, 2.05) is 29.7 Å². The molecule has 0 aliphatic carbocycles. The van der Waals surface area contributed by atoms with Gasteiger partial charge in [0.05, 0.1) is 29.5 Å². The van der Waals surface area contributed by atoms with E-state index in [1.165, 1.54) is 11.3 Å². The van der Waals surface area contributed by atoms with Crippen LogP contribution in [-0.2, 0) is 17.5 Å². The summed E-state index contributed by atoms with van der Waals surface area (Å²) >= 11 is 1.30. The van der Waals surface area contributed by atoms with Crippen molar-refractivity contribution in [2.45, 2.75) is 19.6 Å². The van der Waals surface area contributed by atoms with Crippen LogP contribution in [0.25, 0.3) is 10.2 Å². The van der Waals surface area contributed by atoms with Gasteiger partial charge in [0.25, 0.3) is 5.91 Å². The van der Waals surface area contributed by atoms with Crippen LogP contribution in [0.1, 0.15) is 22.8 Å². The standard InChI is InChI=1S/C20H19F3N2O3S/c1-3-28-11-10-25-16-9-8-15(27-2)12-17(16)29-19(25)24-18(26)13-4-6-14(7-5-13)20(21,22)23/h4-9,12H,3,10-11H2,1-2H3. The van der Waals surface area contributed by atoms with E-state index >= 15 is 0 Å². The van der Waals surface area contributed by atoms with Crippen molar-refractivity contribution >= 4 is 27.5 Å². The zero-order valence-corrected chi connectivity index (χ0v) is 16.6. The maximum absolute atomic E-state index is 12.7. The fourth-order valence-electron chi connectivity index (χ4n) is 2.74. The minimum atomic E-state index is -4.45. The summed E-state index contributed by atoms with van der Waals surface area (Å²) in [6, 6.07) is 9.55. The van der Waals surface area contributed by atoms with E-state index in [0.717, 1.165) is 34.5 Å². The van der Waals surface area contributed by atoms with Crippen LogP contribution < -0.4 is 9.54 Å². The van der Waals surface area contributed by atoms with Crippen molar-refractivity contribution in [3.63, 3.8) is 0 Å². The average Bonchev–Trinajstić information content (AvgIpc) is 3.03. The molecule has 0 saturated heterocycles. The molecule has 0 aliphatic rings. The summed E-state index contributed by atoms with van der Waals surface area (Å²) in [5.41, 5.74) is 0.147. The van der Waals surface area contributed by atoms with Gasteiger partial charge in [-0.15, -0.1) is 0 Å². The number of carbonyl (C=O) groups excluding carboxylic acids is 1. The molecule has 1 amide bonds. The Labute approximate surface area is 169 Å². The number of hydrogen-bond acceptors (Lipinski definition) is 4. The number of hydrogen-bond donors (Lipinski definition) is 0. The van der Waals surface area contributed by atoms with Crippen LogP contribution in [0, 0.1) is 0 Å². The van der Waals surface area contributed by atoms with Gasteiger partial charge in [0.2, 0.25) is 0 Å². The number of carbonyl (C=O) groups is 1. The fraction of sp³-hybridized carbons (Fsp3) is 0.300. The largest absolute Gasteiger partial charge is 0.497 e. The van der Waals surface area contributed by atoms with Crippen LogP contribution in [0.2, 0.25) is 0 Å². The number of ether oxygens (including phenoxy) is 2. The van der Waals surface area contributed by atoms with Gasteiger partial charge in [-0.2, -0.15) is 18.2 Å². The van der Waals surface area contributed by atoms with Crippen LogP contribution in [0.5, 0.6) is 5.75 Å². The number of halogens is 3. The lowest BCUT2D eigenvalue weighted by Gasteiger charge is -2.07. The fourth-order valence-corrected chi connectivity index (χ4v) is 3.82. The maximum Gasteiger partial charge on any atom is 0.416 e. The Kier molecular flexibility index (Phi) is 6.39. The zero-order valence-electron chi connectivity index (χ0n) is 15.8. The highest BCUT2D eigenvalue weighted by molar-refractivity contribution is 7.16. The number of amides is 1. The Morgan fingerprint density at radius 1 is 1.17 bits per heavy atom. The topological polar surface area (TPSA) is 52.8 Å². The lowest BCUT2D eigenvalue weighted by molar-refractivity contribution is -0.137. The van der Waals surface area contributed by atoms with Gasteiger partial charge in [0.1, 0.15) is 5.75 Å². The van der Waals surface area contributed by atoms with Gasteiger partial charge in [-0.25, -0.2) is 0 Å². The third-order valence-corrected chi connectivity index (χ3v) is 5.25. The molecule has 5 nitrogen and oxygen atoms in total. The Bertz CT molecular complexity index is 1070. The van der Waals surface area contributed by atoms with E-state index < -0.39 is 17.6 Å².